The van der Waals surface area contributed by atoms with Gasteiger partial charge in [-0.1, -0.05) is 74.2 Å². The van der Waals surface area contributed by atoms with Crippen LogP contribution in [-0.4, -0.2) is 28.7 Å². The van der Waals surface area contributed by atoms with Gasteiger partial charge in [0, 0.05) is 37.6 Å². The molecule has 3 rings (SSSR count). The van der Waals surface area contributed by atoms with E-state index in [1.165, 1.54) is 0 Å². The molecule has 0 saturated heterocycles. The maximum atomic E-state index is 11.8. The fourth-order valence-electron chi connectivity index (χ4n) is 3.64. The number of unbranched alkanes of at least 4 members (excludes halogenated alkanes) is 5. The minimum absolute atomic E-state index is 0.136. The maximum absolute atomic E-state index is 11.8. The van der Waals surface area contributed by atoms with Crippen LogP contribution in [0.3, 0.4) is 0 Å². The normalized spacial score (nSPS) is 11.7. The molecular formula is C27H35N4O2S+. The molecule has 0 aliphatic carbocycles. The number of hydrogen-bond donors (Lipinski definition) is 4. The van der Waals surface area contributed by atoms with E-state index in [2.05, 4.69) is 38.5 Å². The number of pyridine rings is 1. The molecule has 34 heavy (non-hydrogen) atoms. The van der Waals surface area contributed by atoms with Crippen LogP contribution in [0.4, 0.5) is 4.79 Å². The summed E-state index contributed by atoms with van der Waals surface area (Å²) < 4.78 is 14.0. The molecule has 0 fully saturated rings. The second-order valence-corrected chi connectivity index (χ2v) is 9.43. The van der Waals surface area contributed by atoms with Crippen molar-refractivity contribution in [1.82, 2.24) is 20.3 Å². The van der Waals surface area contributed by atoms with E-state index < -0.39 is 11.4 Å². The number of hydrogen-bond acceptors (Lipinski definition) is 4. The van der Waals surface area contributed by atoms with E-state index in [9.17, 15) is 9.35 Å². The van der Waals surface area contributed by atoms with E-state index >= 15 is 0 Å². The largest absolute Gasteiger partial charge is 0.338 e. The molecule has 2 aromatic carbocycles. The Labute approximate surface area is 205 Å². The van der Waals surface area contributed by atoms with Crippen LogP contribution in [0, 0.1) is 0 Å². The maximum Gasteiger partial charge on any atom is 0.315 e. The quantitative estimate of drug-likeness (QED) is 0.181. The Bertz CT molecular complexity index is 973. The van der Waals surface area contributed by atoms with Gasteiger partial charge in [-0.2, -0.15) is 4.55 Å². The zero-order chi connectivity index (χ0) is 23.8. The minimum Gasteiger partial charge on any atom is -0.338 e. The van der Waals surface area contributed by atoms with Gasteiger partial charge >= 0.3 is 6.03 Å². The average Bonchev–Trinajstić information content (AvgIpc) is 2.89. The third-order valence-electron chi connectivity index (χ3n) is 5.48. The van der Waals surface area contributed by atoms with Gasteiger partial charge in [0.15, 0.2) is 0 Å². The van der Waals surface area contributed by atoms with E-state index in [-0.39, 0.29) is 6.03 Å². The molecule has 0 aliphatic heterocycles. The Morgan fingerprint density at radius 2 is 1.50 bits per heavy atom. The van der Waals surface area contributed by atoms with Gasteiger partial charge in [0.25, 0.3) is 11.4 Å². The molecule has 6 nitrogen and oxygen atoms in total. The van der Waals surface area contributed by atoms with Gasteiger partial charge in [0.05, 0.1) is 0 Å². The lowest BCUT2D eigenvalue weighted by Crippen LogP contribution is -2.35. The van der Waals surface area contributed by atoms with Gasteiger partial charge < -0.3 is 10.6 Å². The summed E-state index contributed by atoms with van der Waals surface area (Å²) in [6, 6.07) is 21.9. The van der Waals surface area contributed by atoms with Crippen LogP contribution < -0.4 is 15.4 Å². The van der Waals surface area contributed by atoms with Gasteiger partial charge in [-0.25, -0.2) is 4.79 Å². The molecule has 0 radical (unpaired) electrons. The molecule has 1 unspecified atom stereocenters. The predicted octanol–water partition coefficient (Wildman–Crippen LogP) is 5.54. The average molecular weight is 480 g/mol. The molecule has 0 spiro atoms. The number of nitrogens with one attached hydrogen (secondary N) is 3. The molecule has 7 heteroatoms. The molecule has 0 bridgehead atoms. The van der Waals surface area contributed by atoms with Crippen molar-refractivity contribution in [2.75, 3.05) is 13.1 Å². The highest BCUT2D eigenvalue weighted by atomic mass is 32.2. The second kappa shape index (κ2) is 15.1. The summed E-state index contributed by atoms with van der Waals surface area (Å²) in [5.41, 5.74) is 3.17. The molecule has 2 amide bonds. The predicted molar refractivity (Wildman–Crippen MR) is 140 cm³/mol. The summed E-state index contributed by atoms with van der Waals surface area (Å²) in [6.07, 6.45) is 10.0. The first-order chi connectivity index (χ1) is 16.7. The smallest absolute Gasteiger partial charge is 0.315 e. The van der Waals surface area contributed by atoms with E-state index in [1.54, 1.807) is 12.4 Å². The molecule has 4 N–H and O–H groups in total. The Kier molecular flexibility index (Phi) is 11.4. The standard InChI is InChI=1S/C27H34N4O2S/c32-27(30-22-23-13-12-18-28-21-23)29-19-10-3-1-2-4-11-20-31-34(33)26-17-9-8-16-25(26)24-14-6-5-7-15-24/h5-9,12-18,21,31,33H,1-4,10-11,19-20,22H2,(H-,29,30,32)/p+1. The van der Waals surface area contributed by atoms with Crippen LogP contribution in [0.25, 0.3) is 11.1 Å². The number of carbonyl (C=O) groups excluding carboxylic acids is 1. The van der Waals surface area contributed by atoms with Crippen LogP contribution in [0.1, 0.15) is 44.1 Å². The second-order valence-electron chi connectivity index (χ2n) is 8.13. The van der Waals surface area contributed by atoms with Crippen molar-refractivity contribution in [1.29, 1.82) is 0 Å². The fraction of sp³-hybridized carbons (Fsp3) is 0.333. The molecule has 0 saturated carbocycles. The van der Waals surface area contributed by atoms with Gasteiger partial charge in [-0.3, -0.25) is 4.98 Å². The first-order valence-electron chi connectivity index (χ1n) is 12.0. The van der Waals surface area contributed by atoms with Gasteiger partial charge in [0.2, 0.25) is 4.90 Å². The Hall–Kier alpha value is -2.87. The number of carbonyl (C=O) groups is 1. The summed E-state index contributed by atoms with van der Waals surface area (Å²) >= 11 is -0.975. The van der Waals surface area contributed by atoms with Crippen molar-refractivity contribution >= 4 is 17.4 Å². The van der Waals surface area contributed by atoms with Crippen molar-refractivity contribution in [2.24, 2.45) is 0 Å². The zero-order valence-corrected chi connectivity index (χ0v) is 20.4. The highest BCUT2D eigenvalue weighted by Crippen LogP contribution is 2.26. The lowest BCUT2D eigenvalue weighted by molar-refractivity contribution is 0.240. The number of amides is 2. The SMILES string of the molecule is O=C(NCCCCCCCCN[S+](O)c1ccccc1-c1ccccc1)NCc1cccnc1. The van der Waals surface area contributed by atoms with Gasteiger partial charge in [-0.05, 0) is 42.2 Å². The summed E-state index contributed by atoms with van der Waals surface area (Å²) in [5.74, 6) is 0. The van der Waals surface area contributed by atoms with Gasteiger partial charge in [-0.15, -0.1) is 4.72 Å². The van der Waals surface area contributed by atoms with Crippen LogP contribution in [0.2, 0.25) is 0 Å². The van der Waals surface area contributed by atoms with Crippen molar-refractivity contribution < 1.29 is 9.35 Å². The van der Waals surface area contributed by atoms with Crippen molar-refractivity contribution in [3.63, 3.8) is 0 Å². The van der Waals surface area contributed by atoms with Crippen LogP contribution in [0.5, 0.6) is 0 Å². The monoisotopic (exact) mass is 479 g/mol. The van der Waals surface area contributed by atoms with Crippen molar-refractivity contribution in [3.05, 3.63) is 84.7 Å². The molecule has 1 heterocycles. The fourth-order valence-corrected chi connectivity index (χ4v) is 4.74. The number of nitrogens with zero attached hydrogens (tertiary/aromatic N) is 1. The van der Waals surface area contributed by atoms with E-state index in [0.29, 0.717) is 13.1 Å². The van der Waals surface area contributed by atoms with Crippen molar-refractivity contribution in [3.8, 4) is 11.1 Å². The summed E-state index contributed by atoms with van der Waals surface area (Å²) in [7, 11) is 0. The minimum atomic E-state index is -0.975. The van der Waals surface area contributed by atoms with Crippen LogP contribution in [-0.2, 0) is 17.9 Å². The third-order valence-corrected chi connectivity index (χ3v) is 6.73. The number of rotatable bonds is 14. The highest BCUT2D eigenvalue weighted by Gasteiger charge is 2.24. The molecular weight excluding hydrogens is 444 g/mol. The molecule has 1 aromatic heterocycles. The topological polar surface area (TPSA) is 86.3 Å². The zero-order valence-electron chi connectivity index (χ0n) is 19.6. The summed E-state index contributed by atoms with van der Waals surface area (Å²) in [5, 5.41) is 5.74. The van der Waals surface area contributed by atoms with Crippen LogP contribution >= 0.6 is 0 Å². The Balaban J connectivity index is 1.21. The highest BCUT2D eigenvalue weighted by molar-refractivity contribution is 7.89. The number of urea groups is 1. The summed E-state index contributed by atoms with van der Waals surface area (Å²) in [6.45, 7) is 1.97. The molecule has 180 valence electrons. The molecule has 0 aliphatic rings. The number of benzene rings is 2. The summed E-state index contributed by atoms with van der Waals surface area (Å²) in [4.78, 5) is 16.8. The lowest BCUT2D eigenvalue weighted by Gasteiger charge is -2.08. The van der Waals surface area contributed by atoms with Crippen LogP contribution in [0.15, 0.2) is 84.0 Å². The first-order valence-corrected chi connectivity index (χ1v) is 13.1. The van der Waals surface area contributed by atoms with Crippen molar-refractivity contribution in [2.45, 2.75) is 50.0 Å². The lowest BCUT2D eigenvalue weighted by atomic mass is 10.1. The van der Waals surface area contributed by atoms with E-state index in [4.69, 9.17) is 0 Å². The Morgan fingerprint density at radius 3 is 2.26 bits per heavy atom. The molecule has 3 aromatic rings. The Morgan fingerprint density at radius 1 is 0.794 bits per heavy atom. The first kappa shape index (κ1) is 25.7. The van der Waals surface area contributed by atoms with E-state index in [1.807, 2.05) is 48.5 Å². The number of aromatic nitrogens is 1. The van der Waals surface area contributed by atoms with E-state index in [0.717, 1.165) is 66.7 Å². The molecule has 1 atom stereocenters. The van der Waals surface area contributed by atoms with Gasteiger partial charge in [0.1, 0.15) is 0 Å². The third kappa shape index (κ3) is 9.17.